The van der Waals surface area contributed by atoms with Gasteiger partial charge in [0.2, 0.25) is 0 Å². The third-order valence-electron chi connectivity index (χ3n) is 3.61. The number of carbonyl (C=O) groups excluding carboxylic acids is 1. The molecule has 1 aliphatic heterocycles. The van der Waals surface area contributed by atoms with Crippen LogP contribution in [0.5, 0.6) is 0 Å². The summed E-state index contributed by atoms with van der Waals surface area (Å²) in [6, 6.07) is 9.66. The van der Waals surface area contributed by atoms with Crippen molar-refractivity contribution in [2.24, 2.45) is 5.73 Å². The van der Waals surface area contributed by atoms with E-state index in [0.29, 0.717) is 10.7 Å². The second kappa shape index (κ2) is 5.73. The molecule has 1 aromatic heterocycles. The highest BCUT2D eigenvalue weighted by atomic mass is 32.2. The zero-order valence-electron chi connectivity index (χ0n) is 12.1. The molecule has 0 bridgehead atoms. The number of hydrogen-bond donors (Lipinski definition) is 2. The Bertz CT molecular complexity index is 751. The molecule has 1 atom stereocenters. The van der Waals surface area contributed by atoms with Gasteiger partial charge in [0.15, 0.2) is 5.69 Å². The van der Waals surface area contributed by atoms with Gasteiger partial charge in [-0.25, -0.2) is 0 Å². The number of amides is 1. The first kappa shape index (κ1) is 14.5. The predicted octanol–water partition coefficient (Wildman–Crippen LogP) is 2.90. The molecule has 22 heavy (non-hydrogen) atoms. The molecule has 0 fully saturated rings. The van der Waals surface area contributed by atoms with Gasteiger partial charge in [0.25, 0.3) is 5.91 Å². The first-order valence-electron chi connectivity index (χ1n) is 6.80. The highest BCUT2D eigenvalue weighted by Gasteiger charge is 2.42. The minimum atomic E-state index is -0.214. The minimum absolute atomic E-state index is 0.142. The average Bonchev–Trinajstić information content (AvgIpc) is 3.05. The lowest BCUT2D eigenvalue weighted by Crippen LogP contribution is -2.27. The first-order valence-corrected chi connectivity index (χ1v) is 7.68. The first-order chi connectivity index (χ1) is 10.6. The second-order valence-electron chi connectivity index (χ2n) is 4.94. The van der Waals surface area contributed by atoms with Crippen molar-refractivity contribution in [2.75, 3.05) is 0 Å². The molecule has 2 heterocycles. The van der Waals surface area contributed by atoms with Crippen LogP contribution in [0, 0.1) is 6.92 Å². The molecule has 112 valence electrons. The van der Waals surface area contributed by atoms with Gasteiger partial charge >= 0.3 is 0 Å². The number of benzene rings is 1. The molecule has 2 aromatic rings. The molecule has 1 aliphatic rings. The Hall–Kier alpha value is -2.47. The van der Waals surface area contributed by atoms with Crippen LogP contribution in [0.3, 0.4) is 0 Å². The summed E-state index contributed by atoms with van der Waals surface area (Å²) in [7, 11) is 0. The summed E-state index contributed by atoms with van der Waals surface area (Å²) in [6.45, 7) is 5.94. The molecule has 3 N–H and O–H groups in total. The van der Waals surface area contributed by atoms with Crippen molar-refractivity contribution in [3.05, 3.63) is 76.1 Å². The van der Waals surface area contributed by atoms with Crippen LogP contribution >= 0.6 is 11.8 Å². The zero-order valence-corrected chi connectivity index (χ0v) is 12.9. The van der Waals surface area contributed by atoms with Crippen LogP contribution in [-0.4, -0.2) is 21.0 Å². The molecule has 5 nitrogen and oxygen atoms in total. The number of carbonyl (C=O) groups is 1. The van der Waals surface area contributed by atoms with E-state index in [1.54, 1.807) is 10.3 Å². The number of fused-ring (bicyclic) bond motifs is 1. The fourth-order valence-corrected chi connectivity index (χ4v) is 3.22. The van der Waals surface area contributed by atoms with Crippen molar-refractivity contribution in [3.63, 3.8) is 0 Å². The maximum Gasteiger partial charge on any atom is 0.280 e. The van der Waals surface area contributed by atoms with Crippen molar-refractivity contribution < 1.29 is 4.79 Å². The van der Waals surface area contributed by atoms with E-state index < -0.39 is 0 Å². The van der Waals surface area contributed by atoms with Gasteiger partial charge in [0, 0.05) is 17.5 Å². The molecule has 0 aliphatic carbocycles. The van der Waals surface area contributed by atoms with Crippen molar-refractivity contribution in [3.8, 4) is 0 Å². The van der Waals surface area contributed by atoms with Crippen LogP contribution in [-0.2, 0) is 0 Å². The topological polar surface area (TPSA) is 75.0 Å². The number of aromatic nitrogens is 2. The maximum atomic E-state index is 12.7. The normalized spacial score (nSPS) is 17.2. The lowest BCUT2D eigenvalue weighted by atomic mass is 9.99. The molecule has 6 heteroatoms. The SMILES string of the molecule is C=C(S/C=C\N)N1C(=O)c2n[nH]c(C)c2C1c1ccccc1. The summed E-state index contributed by atoms with van der Waals surface area (Å²) in [5, 5.41) is 9.39. The van der Waals surface area contributed by atoms with E-state index in [4.69, 9.17) is 5.73 Å². The molecule has 1 amide bonds. The summed E-state index contributed by atoms with van der Waals surface area (Å²) in [4.78, 5) is 14.4. The van der Waals surface area contributed by atoms with E-state index in [2.05, 4.69) is 16.8 Å². The molecule has 0 spiro atoms. The van der Waals surface area contributed by atoms with Crippen LogP contribution in [0.15, 0.2) is 53.5 Å². The number of rotatable bonds is 4. The number of H-pyrrole nitrogens is 1. The Morgan fingerprint density at radius 3 is 2.86 bits per heavy atom. The van der Waals surface area contributed by atoms with Crippen molar-refractivity contribution >= 4 is 17.7 Å². The fourth-order valence-electron chi connectivity index (χ4n) is 2.68. The Morgan fingerprint density at radius 1 is 1.45 bits per heavy atom. The van der Waals surface area contributed by atoms with Gasteiger partial charge in [-0.2, -0.15) is 5.10 Å². The molecular weight excluding hydrogens is 296 g/mol. The van der Waals surface area contributed by atoms with Crippen LogP contribution in [0.25, 0.3) is 0 Å². The number of aromatic amines is 1. The Labute approximate surface area is 132 Å². The van der Waals surface area contributed by atoms with E-state index >= 15 is 0 Å². The minimum Gasteiger partial charge on any atom is -0.404 e. The lowest BCUT2D eigenvalue weighted by molar-refractivity contribution is 0.0812. The van der Waals surface area contributed by atoms with E-state index in [1.165, 1.54) is 18.0 Å². The summed E-state index contributed by atoms with van der Waals surface area (Å²) < 4.78 is 0. The number of nitrogens with two attached hydrogens (primary N) is 1. The predicted molar refractivity (Wildman–Crippen MR) is 87.8 cm³/mol. The number of hydrogen-bond acceptors (Lipinski definition) is 4. The molecule has 0 saturated carbocycles. The Morgan fingerprint density at radius 2 is 2.18 bits per heavy atom. The van der Waals surface area contributed by atoms with Gasteiger partial charge < -0.3 is 5.73 Å². The van der Waals surface area contributed by atoms with Crippen LogP contribution in [0.4, 0.5) is 0 Å². The van der Waals surface area contributed by atoms with E-state index in [1.807, 2.05) is 37.3 Å². The number of thioether (sulfide) groups is 1. The largest absolute Gasteiger partial charge is 0.404 e. The summed E-state index contributed by atoms with van der Waals surface area (Å²) in [5.41, 5.74) is 8.68. The molecule has 1 unspecified atom stereocenters. The summed E-state index contributed by atoms with van der Waals surface area (Å²) in [6.07, 6.45) is 1.43. The quantitative estimate of drug-likeness (QED) is 0.910. The number of nitrogens with one attached hydrogen (secondary N) is 1. The highest BCUT2D eigenvalue weighted by molar-refractivity contribution is 8.05. The molecule has 1 aromatic carbocycles. The fraction of sp³-hybridized carbons (Fsp3) is 0.125. The van der Waals surface area contributed by atoms with Crippen LogP contribution < -0.4 is 5.73 Å². The van der Waals surface area contributed by atoms with Gasteiger partial charge in [-0.1, -0.05) is 48.7 Å². The Kier molecular flexibility index (Phi) is 3.77. The lowest BCUT2D eigenvalue weighted by Gasteiger charge is -2.26. The van der Waals surface area contributed by atoms with E-state index in [0.717, 1.165) is 16.8 Å². The van der Waals surface area contributed by atoms with Gasteiger partial charge in [-0.3, -0.25) is 14.8 Å². The van der Waals surface area contributed by atoms with Gasteiger partial charge in [-0.15, -0.1) is 0 Å². The van der Waals surface area contributed by atoms with Crippen molar-refractivity contribution in [1.29, 1.82) is 0 Å². The van der Waals surface area contributed by atoms with Crippen molar-refractivity contribution in [1.82, 2.24) is 15.1 Å². The average molecular weight is 312 g/mol. The van der Waals surface area contributed by atoms with E-state index in [-0.39, 0.29) is 11.9 Å². The third-order valence-corrected chi connectivity index (χ3v) is 4.38. The molecular formula is C16H16N4OS. The molecule has 0 saturated heterocycles. The smallest absolute Gasteiger partial charge is 0.280 e. The summed E-state index contributed by atoms with van der Waals surface area (Å²) in [5.74, 6) is -0.142. The third kappa shape index (κ3) is 2.21. The number of nitrogens with zero attached hydrogens (tertiary/aromatic N) is 2. The van der Waals surface area contributed by atoms with E-state index in [9.17, 15) is 4.79 Å². The molecule has 3 rings (SSSR count). The van der Waals surface area contributed by atoms with Gasteiger partial charge in [-0.05, 0) is 17.9 Å². The van der Waals surface area contributed by atoms with Crippen molar-refractivity contribution in [2.45, 2.75) is 13.0 Å². The van der Waals surface area contributed by atoms with Gasteiger partial charge in [0.05, 0.1) is 11.1 Å². The van der Waals surface area contributed by atoms with Gasteiger partial charge in [0.1, 0.15) is 0 Å². The Balaban J connectivity index is 2.09. The zero-order chi connectivity index (χ0) is 15.7. The van der Waals surface area contributed by atoms with Crippen LogP contribution in [0.1, 0.15) is 33.4 Å². The highest BCUT2D eigenvalue weighted by Crippen LogP contribution is 2.43. The number of aryl methyl sites for hydroxylation is 1. The monoisotopic (exact) mass is 312 g/mol. The second-order valence-corrected chi connectivity index (χ2v) is 5.92. The van der Waals surface area contributed by atoms with Crippen LogP contribution in [0.2, 0.25) is 0 Å². The summed E-state index contributed by atoms with van der Waals surface area (Å²) >= 11 is 1.32. The maximum absolute atomic E-state index is 12.7. The standard InChI is InChI=1S/C16H16N4OS/c1-10-13-14(19-18-10)16(21)20(11(2)22-9-8-17)15(13)12-6-4-3-5-7-12/h3-9,15H,2,17H2,1H3,(H,18,19)/b9-8-. The molecule has 0 radical (unpaired) electrons.